The van der Waals surface area contributed by atoms with E-state index in [1.54, 1.807) is 0 Å². The average Bonchev–Trinajstić information content (AvgIpc) is 3.48. The number of para-hydroxylation sites is 1. The number of fused-ring (bicyclic) bond motifs is 3. The molecule has 0 saturated carbocycles. The van der Waals surface area contributed by atoms with Crippen LogP contribution in [0.3, 0.4) is 0 Å². The Morgan fingerprint density at radius 3 is 2.49 bits per heavy atom. The topological polar surface area (TPSA) is 105 Å². The standard InChI is InChI=1S/C29H25ClN6O3/c30-23-14-18(36-19-10-11-20(36)16-38-15-19)12-13-21(23)28-34-35-29(39-28)33-26-27(37)31-24-9-5-4-8-22(24)25(32-26)17-6-2-1-3-7-17/h1-9,12-14,19-20,26H,10-11,15-16H2,(H,31,37)(H,33,35)/t19?,20?,26-/m1/s1. The Labute approximate surface area is 229 Å². The van der Waals surface area contributed by atoms with E-state index in [0.29, 0.717) is 34.1 Å². The zero-order chi connectivity index (χ0) is 26.3. The van der Waals surface area contributed by atoms with Gasteiger partial charge in [0.05, 0.1) is 47.3 Å². The van der Waals surface area contributed by atoms with Crippen LogP contribution in [0.1, 0.15) is 24.0 Å². The number of rotatable bonds is 5. The summed E-state index contributed by atoms with van der Waals surface area (Å²) >= 11 is 6.69. The summed E-state index contributed by atoms with van der Waals surface area (Å²) in [7, 11) is 0. The molecule has 0 radical (unpaired) electrons. The predicted octanol–water partition coefficient (Wildman–Crippen LogP) is 4.99. The van der Waals surface area contributed by atoms with Crippen molar-refractivity contribution in [3.63, 3.8) is 0 Å². The van der Waals surface area contributed by atoms with Crippen molar-refractivity contribution in [3.8, 4) is 11.5 Å². The lowest BCUT2D eigenvalue weighted by atomic mass is 10.0. The number of nitrogens with one attached hydrogen (secondary N) is 2. The van der Waals surface area contributed by atoms with Crippen molar-refractivity contribution in [2.75, 3.05) is 28.7 Å². The lowest BCUT2D eigenvalue weighted by Crippen LogP contribution is -2.45. The summed E-state index contributed by atoms with van der Waals surface area (Å²) in [5.74, 6) is -0.0840. The number of halogens is 1. The Morgan fingerprint density at radius 1 is 0.923 bits per heavy atom. The van der Waals surface area contributed by atoms with Crippen LogP contribution < -0.4 is 15.5 Å². The van der Waals surface area contributed by atoms with E-state index in [2.05, 4.69) is 25.7 Å². The maximum Gasteiger partial charge on any atom is 0.317 e. The highest BCUT2D eigenvalue weighted by Crippen LogP contribution is 2.38. The lowest BCUT2D eigenvalue weighted by molar-refractivity contribution is -0.116. The minimum Gasteiger partial charge on any atom is -0.403 e. The van der Waals surface area contributed by atoms with Gasteiger partial charge in [-0.3, -0.25) is 4.79 Å². The fourth-order valence-corrected chi connectivity index (χ4v) is 5.83. The number of hydrogen-bond donors (Lipinski definition) is 2. The molecule has 1 aromatic heterocycles. The van der Waals surface area contributed by atoms with Gasteiger partial charge in [-0.2, -0.15) is 0 Å². The van der Waals surface area contributed by atoms with Crippen LogP contribution in [-0.4, -0.2) is 53.3 Å². The highest BCUT2D eigenvalue weighted by atomic mass is 35.5. The maximum atomic E-state index is 13.1. The fourth-order valence-electron chi connectivity index (χ4n) is 5.58. The van der Waals surface area contributed by atoms with Crippen LogP contribution in [0.4, 0.5) is 17.4 Å². The van der Waals surface area contributed by atoms with Gasteiger partial charge in [0.2, 0.25) is 6.17 Å². The van der Waals surface area contributed by atoms with E-state index >= 15 is 0 Å². The van der Waals surface area contributed by atoms with Crippen molar-refractivity contribution in [1.82, 2.24) is 10.2 Å². The minimum atomic E-state index is -0.990. The summed E-state index contributed by atoms with van der Waals surface area (Å²) in [6.07, 6.45) is 1.25. The number of carbonyl (C=O) groups is 1. The van der Waals surface area contributed by atoms with Crippen molar-refractivity contribution >= 4 is 40.6 Å². The van der Waals surface area contributed by atoms with Crippen LogP contribution in [0.2, 0.25) is 5.02 Å². The van der Waals surface area contributed by atoms with Gasteiger partial charge < -0.3 is 24.7 Å². The molecule has 1 amide bonds. The zero-order valence-electron chi connectivity index (χ0n) is 20.9. The molecule has 4 heterocycles. The molecule has 4 aromatic rings. The highest BCUT2D eigenvalue weighted by molar-refractivity contribution is 6.33. The molecular formula is C29H25ClN6O3. The Hall–Kier alpha value is -4.21. The lowest BCUT2D eigenvalue weighted by Gasteiger charge is -2.36. The van der Waals surface area contributed by atoms with Gasteiger partial charge >= 0.3 is 6.01 Å². The third-order valence-electron chi connectivity index (χ3n) is 7.40. The van der Waals surface area contributed by atoms with Gasteiger partial charge in [-0.25, -0.2) is 4.99 Å². The van der Waals surface area contributed by atoms with Gasteiger partial charge in [0, 0.05) is 16.8 Å². The van der Waals surface area contributed by atoms with E-state index in [0.717, 1.165) is 42.9 Å². The second kappa shape index (κ2) is 9.83. The van der Waals surface area contributed by atoms with E-state index in [1.165, 1.54) is 0 Å². The summed E-state index contributed by atoms with van der Waals surface area (Å²) in [4.78, 5) is 20.3. The third-order valence-corrected chi connectivity index (χ3v) is 7.71. The molecular weight excluding hydrogens is 516 g/mol. The molecule has 10 heteroatoms. The molecule has 3 aliphatic heterocycles. The second-order valence-corrected chi connectivity index (χ2v) is 10.2. The van der Waals surface area contributed by atoms with Gasteiger partial charge in [0.25, 0.3) is 11.8 Å². The van der Waals surface area contributed by atoms with E-state index < -0.39 is 6.17 Å². The third kappa shape index (κ3) is 4.43. The van der Waals surface area contributed by atoms with Crippen molar-refractivity contribution in [3.05, 3.63) is 88.9 Å². The number of anilines is 3. The Morgan fingerprint density at radius 2 is 1.69 bits per heavy atom. The number of aromatic nitrogens is 2. The predicted molar refractivity (Wildman–Crippen MR) is 149 cm³/mol. The summed E-state index contributed by atoms with van der Waals surface area (Å²) in [5.41, 5.74) is 4.76. The number of hydrogen-bond acceptors (Lipinski definition) is 8. The molecule has 3 atom stereocenters. The average molecular weight is 541 g/mol. The molecule has 2 fully saturated rings. The van der Waals surface area contributed by atoms with Gasteiger partial charge in [0.1, 0.15) is 0 Å². The molecule has 0 aliphatic carbocycles. The molecule has 3 aromatic carbocycles. The van der Waals surface area contributed by atoms with E-state index in [4.69, 9.17) is 25.7 Å². The molecule has 2 saturated heterocycles. The number of ether oxygens (including phenoxy) is 1. The number of aliphatic imine (C=N–C) groups is 1. The number of morpholine rings is 1. The Kier molecular flexibility index (Phi) is 6.02. The maximum absolute atomic E-state index is 13.1. The second-order valence-electron chi connectivity index (χ2n) is 9.83. The number of nitrogens with zero attached hydrogens (tertiary/aromatic N) is 4. The van der Waals surface area contributed by atoms with Crippen molar-refractivity contribution in [1.29, 1.82) is 0 Å². The Balaban J connectivity index is 1.16. The van der Waals surface area contributed by atoms with E-state index in [1.807, 2.05) is 72.8 Å². The molecule has 0 spiro atoms. The first-order chi connectivity index (χ1) is 19.1. The van der Waals surface area contributed by atoms with Crippen LogP contribution in [0, 0.1) is 0 Å². The normalized spacial score (nSPS) is 22.1. The first-order valence-electron chi connectivity index (χ1n) is 12.9. The van der Waals surface area contributed by atoms with Gasteiger partial charge in [-0.15, -0.1) is 5.10 Å². The number of benzene rings is 3. The first kappa shape index (κ1) is 23.9. The largest absolute Gasteiger partial charge is 0.403 e. The van der Waals surface area contributed by atoms with E-state index in [-0.39, 0.29) is 17.8 Å². The smallest absolute Gasteiger partial charge is 0.317 e. The summed E-state index contributed by atoms with van der Waals surface area (Å²) in [5, 5.41) is 14.8. The molecule has 7 rings (SSSR count). The molecule has 196 valence electrons. The minimum absolute atomic E-state index is 0.0682. The summed E-state index contributed by atoms with van der Waals surface area (Å²) in [6, 6.07) is 24.0. The first-order valence-corrected chi connectivity index (χ1v) is 13.3. The SMILES string of the molecule is O=C1Nc2ccccc2C(c2ccccc2)=N[C@@H]1Nc1nnc(-c2ccc(N3C4CCC3COC4)cc2Cl)o1. The Bertz CT molecular complexity index is 1560. The molecule has 2 N–H and O–H groups in total. The molecule has 39 heavy (non-hydrogen) atoms. The molecule has 2 unspecified atom stereocenters. The van der Waals surface area contributed by atoms with Crippen LogP contribution >= 0.6 is 11.6 Å². The summed E-state index contributed by atoms with van der Waals surface area (Å²) in [6.45, 7) is 1.48. The molecule has 2 bridgehead atoms. The zero-order valence-corrected chi connectivity index (χ0v) is 21.6. The van der Waals surface area contributed by atoms with Gasteiger partial charge in [0.15, 0.2) is 0 Å². The number of amides is 1. The van der Waals surface area contributed by atoms with Crippen LogP contribution in [0.5, 0.6) is 0 Å². The van der Waals surface area contributed by atoms with Crippen molar-refractivity contribution in [2.45, 2.75) is 31.1 Å². The van der Waals surface area contributed by atoms with Crippen molar-refractivity contribution in [2.24, 2.45) is 4.99 Å². The van der Waals surface area contributed by atoms with Crippen LogP contribution in [0.25, 0.3) is 11.5 Å². The summed E-state index contributed by atoms with van der Waals surface area (Å²) < 4.78 is 11.6. The molecule has 9 nitrogen and oxygen atoms in total. The van der Waals surface area contributed by atoms with Crippen LogP contribution in [-0.2, 0) is 9.53 Å². The quantitative estimate of drug-likeness (QED) is 0.367. The van der Waals surface area contributed by atoms with Crippen LogP contribution in [0.15, 0.2) is 82.2 Å². The fraction of sp³-hybridized carbons (Fsp3) is 0.241. The highest BCUT2D eigenvalue weighted by Gasteiger charge is 2.37. The number of benzodiazepines with no additional fused rings is 1. The van der Waals surface area contributed by atoms with Crippen molar-refractivity contribution < 1.29 is 13.9 Å². The van der Waals surface area contributed by atoms with Gasteiger partial charge in [-0.1, -0.05) is 65.2 Å². The molecule has 3 aliphatic rings. The monoisotopic (exact) mass is 540 g/mol. The van der Waals surface area contributed by atoms with E-state index in [9.17, 15) is 4.79 Å². The number of carbonyl (C=O) groups excluding carboxylic acids is 1. The van der Waals surface area contributed by atoms with Gasteiger partial charge in [-0.05, 0) is 37.1 Å².